The summed E-state index contributed by atoms with van der Waals surface area (Å²) in [5.74, 6) is 3.52. The maximum atomic E-state index is 10.9. The quantitative estimate of drug-likeness (QED) is 0.302. The van der Waals surface area contributed by atoms with Crippen molar-refractivity contribution in [3.63, 3.8) is 0 Å². The van der Waals surface area contributed by atoms with Gasteiger partial charge in [0.25, 0.3) is 0 Å². The largest absolute Gasteiger partial charge is 0.481 e. The van der Waals surface area contributed by atoms with Gasteiger partial charge in [0.05, 0.1) is 12.5 Å². The fourth-order valence-electron chi connectivity index (χ4n) is 1.65. The van der Waals surface area contributed by atoms with Crippen molar-refractivity contribution in [2.24, 2.45) is 11.8 Å². The Hall–Kier alpha value is -1.14. The van der Waals surface area contributed by atoms with Crippen LogP contribution in [0.2, 0.25) is 0 Å². The molecule has 6 heteroatoms. The Morgan fingerprint density at radius 1 is 1.57 bits per heavy atom. The Kier molecular flexibility index (Phi) is 3.84. The van der Waals surface area contributed by atoms with Crippen molar-refractivity contribution in [3.8, 4) is 0 Å². The normalized spacial score (nSPS) is 23.1. The molecule has 0 aromatic rings. The Morgan fingerprint density at radius 3 is 2.86 bits per heavy atom. The zero-order valence-electron chi connectivity index (χ0n) is 7.90. The molecule has 1 amide bonds. The number of nitrogens with two attached hydrogens (primary N) is 1. The van der Waals surface area contributed by atoms with Crippen LogP contribution < -0.4 is 11.3 Å². The average molecular weight is 201 g/mol. The fraction of sp³-hybridized carbons (Fsp3) is 0.750. The monoisotopic (exact) mass is 201 g/mol. The summed E-state index contributed by atoms with van der Waals surface area (Å²) in [4.78, 5) is 23.4. The SMILES string of the molecule is NNC(=O)CN1CCCC(C(=O)O)C1. The summed E-state index contributed by atoms with van der Waals surface area (Å²) < 4.78 is 0. The summed E-state index contributed by atoms with van der Waals surface area (Å²) >= 11 is 0. The number of likely N-dealkylation sites (tertiary alicyclic amines) is 1. The van der Waals surface area contributed by atoms with E-state index in [2.05, 4.69) is 0 Å². The van der Waals surface area contributed by atoms with Crippen LogP contribution in [-0.2, 0) is 9.59 Å². The molecule has 14 heavy (non-hydrogen) atoms. The molecule has 0 spiro atoms. The molecule has 1 fully saturated rings. The van der Waals surface area contributed by atoms with E-state index in [4.69, 9.17) is 10.9 Å². The number of amides is 1. The van der Waals surface area contributed by atoms with E-state index in [0.717, 1.165) is 13.0 Å². The summed E-state index contributed by atoms with van der Waals surface area (Å²) in [6.45, 7) is 1.38. The smallest absolute Gasteiger partial charge is 0.307 e. The Labute approximate surface area is 82.0 Å². The summed E-state index contributed by atoms with van der Waals surface area (Å²) in [5.41, 5.74) is 2.03. The van der Waals surface area contributed by atoms with Crippen molar-refractivity contribution >= 4 is 11.9 Å². The highest BCUT2D eigenvalue weighted by molar-refractivity contribution is 5.77. The van der Waals surface area contributed by atoms with Gasteiger partial charge < -0.3 is 5.11 Å². The van der Waals surface area contributed by atoms with Gasteiger partial charge in [-0.3, -0.25) is 19.9 Å². The predicted molar refractivity (Wildman–Crippen MR) is 49.1 cm³/mol. The van der Waals surface area contributed by atoms with Gasteiger partial charge in [0, 0.05) is 6.54 Å². The van der Waals surface area contributed by atoms with Gasteiger partial charge in [0.2, 0.25) is 5.91 Å². The lowest BCUT2D eigenvalue weighted by molar-refractivity contribution is -0.144. The molecule has 0 aromatic heterocycles. The van der Waals surface area contributed by atoms with Gasteiger partial charge in [0.15, 0.2) is 0 Å². The molecule has 1 aliphatic rings. The number of nitrogens with one attached hydrogen (secondary N) is 1. The second-order valence-corrected chi connectivity index (χ2v) is 3.48. The molecule has 1 heterocycles. The number of nitrogens with zero attached hydrogens (tertiary/aromatic N) is 1. The fourth-order valence-corrected chi connectivity index (χ4v) is 1.65. The van der Waals surface area contributed by atoms with Crippen LogP contribution in [0.4, 0.5) is 0 Å². The standard InChI is InChI=1S/C8H15N3O3/c9-10-7(12)5-11-3-1-2-6(4-11)8(13)14/h6H,1-5,9H2,(H,10,12)(H,13,14). The minimum atomic E-state index is -0.789. The maximum absolute atomic E-state index is 10.9. The Balaban J connectivity index is 2.40. The minimum absolute atomic E-state index is 0.181. The van der Waals surface area contributed by atoms with Crippen molar-refractivity contribution < 1.29 is 14.7 Å². The first-order valence-electron chi connectivity index (χ1n) is 4.58. The summed E-state index contributed by atoms with van der Waals surface area (Å²) in [5, 5.41) is 8.80. The molecule has 0 aliphatic carbocycles. The number of hydrogen-bond donors (Lipinski definition) is 3. The molecule has 0 aromatic carbocycles. The number of piperidine rings is 1. The highest BCUT2D eigenvalue weighted by atomic mass is 16.4. The third kappa shape index (κ3) is 2.97. The van der Waals surface area contributed by atoms with E-state index in [9.17, 15) is 9.59 Å². The molecule has 0 bridgehead atoms. The van der Waals surface area contributed by atoms with E-state index >= 15 is 0 Å². The van der Waals surface area contributed by atoms with Crippen LogP contribution in [0.15, 0.2) is 0 Å². The third-order valence-electron chi connectivity index (χ3n) is 2.38. The predicted octanol–water partition coefficient (Wildman–Crippen LogP) is -1.23. The first kappa shape index (κ1) is 10.9. The minimum Gasteiger partial charge on any atom is -0.481 e. The van der Waals surface area contributed by atoms with Gasteiger partial charge in [-0.25, -0.2) is 5.84 Å². The topological polar surface area (TPSA) is 95.7 Å². The highest BCUT2D eigenvalue weighted by Crippen LogP contribution is 2.15. The van der Waals surface area contributed by atoms with Crippen molar-refractivity contribution in [2.45, 2.75) is 12.8 Å². The Bertz CT molecular complexity index is 232. The lowest BCUT2D eigenvalue weighted by Gasteiger charge is -2.29. The van der Waals surface area contributed by atoms with Crippen LogP contribution in [0, 0.1) is 5.92 Å². The van der Waals surface area contributed by atoms with E-state index in [1.807, 2.05) is 10.3 Å². The van der Waals surface area contributed by atoms with Crippen molar-refractivity contribution in [3.05, 3.63) is 0 Å². The van der Waals surface area contributed by atoms with Gasteiger partial charge in [-0.2, -0.15) is 0 Å². The summed E-state index contributed by atoms with van der Waals surface area (Å²) in [7, 11) is 0. The van der Waals surface area contributed by atoms with Crippen LogP contribution in [0.1, 0.15) is 12.8 Å². The number of rotatable bonds is 3. The van der Waals surface area contributed by atoms with Crippen LogP contribution in [0.3, 0.4) is 0 Å². The summed E-state index contributed by atoms with van der Waals surface area (Å²) in [6.07, 6.45) is 1.50. The molecule has 1 atom stereocenters. The molecule has 4 N–H and O–H groups in total. The number of aliphatic carboxylic acids is 1. The summed E-state index contributed by atoms with van der Waals surface area (Å²) in [6, 6.07) is 0. The zero-order valence-corrected chi connectivity index (χ0v) is 7.90. The molecule has 1 unspecified atom stereocenters. The van der Waals surface area contributed by atoms with E-state index < -0.39 is 5.97 Å². The van der Waals surface area contributed by atoms with Gasteiger partial charge in [-0.1, -0.05) is 0 Å². The number of hydrogen-bond acceptors (Lipinski definition) is 4. The van der Waals surface area contributed by atoms with Gasteiger partial charge in [0.1, 0.15) is 0 Å². The van der Waals surface area contributed by atoms with Gasteiger partial charge in [-0.05, 0) is 19.4 Å². The van der Waals surface area contributed by atoms with Crippen LogP contribution in [0.25, 0.3) is 0 Å². The van der Waals surface area contributed by atoms with Crippen molar-refractivity contribution in [2.75, 3.05) is 19.6 Å². The van der Waals surface area contributed by atoms with Crippen LogP contribution >= 0.6 is 0 Å². The number of carbonyl (C=O) groups excluding carboxylic acids is 1. The van der Waals surface area contributed by atoms with E-state index in [0.29, 0.717) is 13.0 Å². The highest BCUT2D eigenvalue weighted by Gasteiger charge is 2.25. The van der Waals surface area contributed by atoms with Crippen LogP contribution in [-0.4, -0.2) is 41.5 Å². The Morgan fingerprint density at radius 2 is 2.29 bits per heavy atom. The van der Waals surface area contributed by atoms with Gasteiger partial charge in [-0.15, -0.1) is 0 Å². The molecular weight excluding hydrogens is 186 g/mol. The second-order valence-electron chi connectivity index (χ2n) is 3.48. The second kappa shape index (κ2) is 4.92. The molecule has 0 radical (unpaired) electrons. The van der Waals surface area contributed by atoms with E-state index in [-0.39, 0.29) is 18.4 Å². The lowest BCUT2D eigenvalue weighted by Crippen LogP contribution is -2.45. The van der Waals surface area contributed by atoms with Crippen LogP contribution in [0.5, 0.6) is 0 Å². The number of carbonyl (C=O) groups is 2. The molecule has 0 saturated carbocycles. The maximum Gasteiger partial charge on any atom is 0.307 e. The molecule has 80 valence electrons. The lowest BCUT2D eigenvalue weighted by atomic mass is 9.98. The number of carboxylic acids is 1. The third-order valence-corrected chi connectivity index (χ3v) is 2.38. The first-order valence-corrected chi connectivity index (χ1v) is 4.58. The van der Waals surface area contributed by atoms with Gasteiger partial charge >= 0.3 is 5.97 Å². The average Bonchev–Trinajstić information content (AvgIpc) is 2.18. The molecule has 6 nitrogen and oxygen atoms in total. The zero-order chi connectivity index (χ0) is 10.6. The van der Waals surface area contributed by atoms with Crippen molar-refractivity contribution in [1.29, 1.82) is 0 Å². The van der Waals surface area contributed by atoms with Crippen molar-refractivity contribution in [1.82, 2.24) is 10.3 Å². The molecule has 1 saturated heterocycles. The number of hydrazine groups is 1. The number of carboxylic acid groups (broad SMARTS) is 1. The molecular formula is C8H15N3O3. The van der Waals surface area contributed by atoms with E-state index in [1.165, 1.54) is 0 Å². The van der Waals surface area contributed by atoms with E-state index in [1.54, 1.807) is 0 Å². The first-order chi connectivity index (χ1) is 6.63. The molecule has 1 rings (SSSR count). The molecule has 1 aliphatic heterocycles.